The molecule has 0 amide bonds. The van der Waals surface area contributed by atoms with Crippen molar-refractivity contribution >= 4 is 5.78 Å². The molecule has 0 N–H and O–H groups in total. The number of hydrogen-bond acceptors (Lipinski definition) is 1. The fourth-order valence-electron chi connectivity index (χ4n) is 2.65. The first-order chi connectivity index (χ1) is 8.46. The van der Waals surface area contributed by atoms with Gasteiger partial charge in [0.25, 0.3) is 0 Å². The number of alkyl halides is 2. The molecule has 1 saturated carbocycles. The molecule has 0 aliphatic heterocycles. The number of carbonyl (C=O) groups is 1. The van der Waals surface area contributed by atoms with E-state index in [0.717, 1.165) is 12.0 Å². The van der Waals surface area contributed by atoms with Gasteiger partial charge in [-0.2, -0.15) is 0 Å². The van der Waals surface area contributed by atoms with Gasteiger partial charge in [-0.15, -0.1) is 0 Å². The van der Waals surface area contributed by atoms with Crippen LogP contribution in [-0.4, -0.2) is 11.7 Å². The molecule has 0 aromatic heterocycles. The Hall–Kier alpha value is -1.25. The van der Waals surface area contributed by atoms with Crippen molar-refractivity contribution in [2.75, 3.05) is 0 Å². The van der Waals surface area contributed by atoms with E-state index in [0.29, 0.717) is 12.0 Å². The smallest absolute Gasteiger partial charge is 0.248 e. The largest absolute Gasteiger partial charge is 0.294 e. The van der Waals surface area contributed by atoms with E-state index in [1.807, 2.05) is 25.1 Å². The first-order valence-corrected chi connectivity index (χ1v) is 6.44. The Kier molecular flexibility index (Phi) is 3.79. The summed E-state index contributed by atoms with van der Waals surface area (Å²) in [4.78, 5) is 12.0. The highest BCUT2D eigenvalue weighted by Crippen LogP contribution is 2.38. The van der Waals surface area contributed by atoms with Gasteiger partial charge in [-0.05, 0) is 31.7 Å². The minimum Gasteiger partial charge on any atom is -0.294 e. The van der Waals surface area contributed by atoms with Crippen molar-refractivity contribution in [3.63, 3.8) is 0 Å². The maximum absolute atomic E-state index is 13.3. The molecule has 1 atom stereocenters. The molecule has 0 radical (unpaired) electrons. The summed E-state index contributed by atoms with van der Waals surface area (Å²) in [7, 11) is 0. The van der Waals surface area contributed by atoms with Crippen molar-refractivity contribution in [3.8, 4) is 0 Å². The number of benzene rings is 1. The summed E-state index contributed by atoms with van der Waals surface area (Å²) in [5.41, 5.74) is 1.67. The first-order valence-electron chi connectivity index (χ1n) is 6.44. The Balaban J connectivity index is 1.99. The Morgan fingerprint density at radius 1 is 1.44 bits per heavy atom. The van der Waals surface area contributed by atoms with Crippen LogP contribution in [0.5, 0.6) is 0 Å². The highest BCUT2D eigenvalue weighted by molar-refractivity contribution is 5.96. The number of carbonyl (C=O) groups excluding carboxylic acids is 1. The number of ketones is 1. The number of hydrogen-bond donors (Lipinski definition) is 0. The fourth-order valence-corrected chi connectivity index (χ4v) is 2.65. The van der Waals surface area contributed by atoms with Crippen molar-refractivity contribution < 1.29 is 13.6 Å². The van der Waals surface area contributed by atoms with Crippen LogP contribution in [0, 0.1) is 12.8 Å². The molecule has 0 bridgehead atoms. The van der Waals surface area contributed by atoms with Gasteiger partial charge in [0.05, 0.1) is 0 Å². The molecular formula is C15H18F2O. The van der Waals surface area contributed by atoms with Crippen LogP contribution in [-0.2, 0) is 0 Å². The summed E-state index contributed by atoms with van der Waals surface area (Å²) in [5.74, 6) is -2.75. The van der Waals surface area contributed by atoms with Crippen LogP contribution in [0.1, 0.15) is 48.0 Å². The predicted molar refractivity (Wildman–Crippen MR) is 67.0 cm³/mol. The van der Waals surface area contributed by atoms with Crippen LogP contribution < -0.4 is 0 Å². The van der Waals surface area contributed by atoms with E-state index in [4.69, 9.17) is 0 Å². The average molecular weight is 252 g/mol. The van der Waals surface area contributed by atoms with Crippen LogP contribution in [0.4, 0.5) is 8.78 Å². The second-order valence-corrected chi connectivity index (χ2v) is 5.32. The molecular weight excluding hydrogens is 234 g/mol. The van der Waals surface area contributed by atoms with Crippen LogP contribution >= 0.6 is 0 Å². The first kappa shape index (κ1) is 13.2. The second kappa shape index (κ2) is 5.17. The van der Waals surface area contributed by atoms with E-state index in [1.54, 1.807) is 6.07 Å². The number of rotatable bonds is 3. The lowest BCUT2D eigenvalue weighted by Crippen LogP contribution is -2.27. The van der Waals surface area contributed by atoms with Gasteiger partial charge in [0, 0.05) is 24.8 Å². The Morgan fingerprint density at radius 2 is 2.22 bits per heavy atom. The molecule has 1 unspecified atom stereocenters. The molecule has 98 valence electrons. The van der Waals surface area contributed by atoms with Gasteiger partial charge >= 0.3 is 0 Å². The molecule has 2 rings (SSSR count). The topological polar surface area (TPSA) is 17.1 Å². The van der Waals surface area contributed by atoms with Crippen LogP contribution in [0.25, 0.3) is 0 Å². The Labute approximate surface area is 106 Å². The molecule has 1 nitrogen and oxygen atoms in total. The summed E-state index contributed by atoms with van der Waals surface area (Å²) in [5, 5.41) is 0. The minimum absolute atomic E-state index is 0.0126. The Morgan fingerprint density at radius 3 is 2.89 bits per heavy atom. The third-order valence-electron chi connectivity index (χ3n) is 3.56. The van der Waals surface area contributed by atoms with Crippen molar-refractivity contribution in [2.45, 2.75) is 45.0 Å². The monoisotopic (exact) mass is 252 g/mol. The zero-order chi connectivity index (χ0) is 13.2. The van der Waals surface area contributed by atoms with Crippen LogP contribution in [0.2, 0.25) is 0 Å². The highest BCUT2D eigenvalue weighted by Gasteiger charge is 2.36. The zero-order valence-corrected chi connectivity index (χ0v) is 10.6. The minimum atomic E-state index is -2.57. The van der Waals surface area contributed by atoms with Gasteiger partial charge in [0.1, 0.15) is 0 Å². The SMILES string of the molecule is Cc1cccc(C(=O)CC2CCCC(F)(F)C2)c1. The summed E-state index contributed by atoms with van der Waals surface area (Å²) < 4.78 is 26.5. The van der Waals surface area contributed by atoms with Gasteiger partial charge in [0.15, 0.2) is 5.78 Å². The quantitative estimate of drug-likeness (QED) is 0.729. The summed E-state index contributed by atoms with van der Waals surface area (Å²) in [6.45, 7) is 1.92. The maximum Gasteiger partial charge on any atom is 0.248 e. The number of Topliss-reactive ketones (excluding diaryl/α,β-unsaturated/α-hetero) is 1. The van der Waals surface area contributed by atoms with Crippen LogP contribution in [0.3, 0.4) is 0 Å². The molecule has 0 spiro atoms. The Bertz CT molecular complexity index is 440. The fraction of sp³-hybridized carbons (Fsp3) is 0.533. The van der Waals surface area contributed by atoms with Gasteiger partial charge in [-0.3, -0.25) is 4.79 Å². The summed E-state index contributed by atoms with van der Waals surface area (Å²) in [6.07, 6.45) is 1.36. The molecule has 3 heteroatoms. The summed E-state index contributed by atoms with van der Waals surface area (Å²) in [6, 6.07) is 7.34. The van der Waals surface area contributed by atoms with Gasteiger partial charge in [0.2, 0.25) is 5.92 Å². The van der Waals surface area contributed by atoms with E-state index in [-0.39, 0.29) is 31.0 Å². The lowest BCUT2D eigenvalue weighted by molar-refractivity contribution is -0.0521. The van der Waals surface area contributed by atoms with E-state index >= 15 is 0 Å². The third-order valence-corrected chi connectivity index (χ3v) is 3.56. The van der Waals surface area contributed by atoms with Crippen LogP contribution in [0.15, 0.2) is 24.3 Å². The predicted octanol–water partition coefficient (Wildman–Crippen LogP) is 4.39. The maximum atomic E-state index is 13.3. The third kappa shape index (κ3) is 3.37. The van der Waals surface area contributed by atoms with Crippen molar-refractivity contribution in [3.05, 3.63) is 35.4 Å². The second-order valence-electron chi connectivity index (χ2n) is 5.32. The number of halogens is 2. The summed E-state index contributed by atoms with van der Waals surface area (Å²) >= 11 is 0. The molecule has 1 aromatic rings. The van der Waals surface area contributed by atoms with E-state index in [9.17, 15) is 13.6 Å². The molecule has 1 aliphatic carbocycles. The standard InChI is InChI=1S/C15H18F2O/c1-11-4-2-6-13(8-11)14(18)9-12-5-3-7-15(16,17)10-12/h2,4,6,8,12H,3,5,7,9-10H2,1H3. The molecule has 0 heterocycles. The molecule has 1 aliphatic rings. The molecule has 1 fully saturated rings. The van der Waals surface area contributed by atoms with Gasteiger partial charge in [-0.25, -0.2) is 8.78 Å². The van der Waals surface area contributed by atoms with E-state index < -0.39 is 5.92 Å². The van der Waals surface area contributed by atoms with E-state index in [2.05, 4.69) is 0 Å². The van der Waals surface area contributed by atoms with E-state index in [1.165, 1.54) is 0 Å². The van der Waals surface area contributed by atoms with Gasteiger partial charge < -0.3 is 0 Å². The molecule has 0 saturated heterocycles. The lowest BCUT2D eigenvalue weighted by Gasteiger charge is -2.28. The van der Waals surface area contributed by atoms with Crippen molar-refractivity contribution in [1.29, 1.82) is 0 Å². The van der Waals surface area contributed by atoms with Crippen molar-refractivity contribution in [2.24, 2.45) is 5.92 Å². The normalized spacial score (nSPS) is 22.7. The molecule has 18 heavy (non-hydrogen) atoms. The number of aryl methyl sites for hydroxylation is 1. The lowest BCUT2D eigenvalue weighted by atomic mass is 9.82. The molecule has 1 aromatic carbocycles. The van der Waals surface area contributed by atoms with Gasteiger partial charge in [-0.1, -0.05) is 23.8 Å². The highest BCUT2D eigenvalue weighted by atomic mass is 19.3. The average Bonchev–Trinajstić information content (AvgIpc) is 2.27. The van der Waals surface area contributed by atoms with Crippen molar-refractivity contribution in [1.82, 2.24) is 0 Å². The zero-order valence-electron chi connectivity index (χ0n) is 10.6.